The molecule has 14 heavy (non-hydrogen) atoms. The molecule has 3 aliphatic rings. The van der Waals surface area contributed by atoms with Crippen molar-refractivity contribution in [3.63, 3.8) is 0 Å². The van der Waals surface area contributed by atoms with Gasteiger partial charge < -0.3 is 14.2 Å². The maximum Gasteiger partial charge on any atom is 0.338 e. The van der Waals surface area contributed by atoms with Crippen LogP contribution >= 0.6 is 0 Å². The first-order chi connectivity index (χ1) is 6.79. The molecule has 4 nitrogen and oxygen atoms in total. The maximum absolute atomic E-state index is 11.3. The molecule has 0 aromatic heterocycles. The molecular formula is C10H14O4. The largest absolute Gasteiger partial charge is 0.461 e. The molecule has 78 valence electrons. The normalized spacial score (nSPS) is 39.9. The Morgan fingerprint density at radius 1 is 1.14 bits per heavy atom. The number of carbonyl (C=O) groups is 1. The first kappa shape index (κ1) is 8.68. The quantitative estimate of drug-likeness (QED) is 0.544. The summed E-state index contributed by atoms with van der Waals surface area (Å²) < 4.78 is 16.4. The highest BCUT2D eigenvalue weighted by molar-refractivity contribution is 5.78. The lowest BCUT2D eigenvalue weighted by atomic mass is 9.94. The van der Waals surface area contributed by atoms with Crippen molar-refractivity contribution in [3.8, 4) is 0 Å². The number of fused-ring (bicyclic) bond motifs is 1. The van der Waals surface area contributed by atoms with Gasteiger partial charge in [0, 0.05) is 12.8 Å². The summed E-state index contributed by atoms with van der Waals surface area (Å²) in [7, 11) is 0. The molecular weight excluding hydrogens is 184 g/mol. The maximum atomic E-state index is 11.3. The van der Waals surface area contributed by atoms with Gasteiger partial charge >= 0.3 is 5.97 Å². The van der Waals surface area contributed by atoms with Gasteiger partial charge in [0.1, 0.15) is 12.7 Å². The van der Waals surface area contributed by atoms with E-state index < -0.39 is 11.9 Å². The van der Waals surface area contributed by atoms with Gasteiger partial charge in [-0.05, 0) is 12.8 Å². The van der Waals surface area contributed by atoms with Crippen molar-refractivity contribution < 1.29 is 19.0 Å². The predicted octanol–water partition coefficient (Wildman–Crippen LogP) is 0.988. The Balaban J connectivity index is 1.77. The van der Waals surface area contributed by atoms with Gasteiger partial charge in [0.25, 0.3) is 0 Å². The molecule has 1 spiro atoms. The summed E-state index contributed by atoms with van der Waals surface area (Å²) in [5, 5.41) is 0. The first-order valence-corrected chi connectivity index (χ1v) is 5.31. The number of hydrogen-bond donors (Lipinski definition) is 0. The Hall–Kier alpha value is -0.610. The van der Waals surface area contributed by atoms with Crippen LogP contribution in [0.15, 0.2) is 0 Å². The van der Waals surface area contributed by atoms with Gasteiger partial charge in [-0.2, -0.15) is 0 Å². The van der Waals surface area contributed by atoms with Gasteiger partial charge in [0.2, 0.25) is 0 Å². The van der Waals surface area contributed by atoms with Crippen LogP contribution in [0, 0.1) is 0 Å². The summed E-state index contributed by atoms with van der Waals surface area (Å²) in [5.74, 6) is -0.704. The molecule has 0 aromatic rings. The van der Waals surface area contributed by atoms with Crippen LogP contribution in [0.25, 0.3) is 0 Å². The van der Waals surface area contributed by atoms with Gasteiger partial charge in [-0.15, -0.1) is 0 Å². The van der Waals surface area contributed by atoms with E-state index in [-0.39, 0.29) is 12.1 Å². The molecule has 1 aliphatic carbocycles. The van der Waals surface area contributed by atoms with E-state index >= 15 is 0 Å². The molecule has 0 N–H and O–H groups in total. The first-order valence-electron chi connectivity index (χ1n) is 5.31. The van der Waals surface area contributed by atoms with Crippen molar-refractivity contribution in [2.24, 2.45) is 0 Å². The minimum Gasteiger partial charge on any atom is -0.461 e. The van der Waals surface area contributed by atoms with Crippen LogP contribution in [-0.4, -0.2) is 30.6 Å². The van der Waals surface area contributed by atoms with E-state index in [9.17, 15) is 4.79 Å². The molecule has 2 atom stereocenters. The van der Waals surface area contributed by atoms with Gasteiger partial charge in [-0.1, -0.05) is 6.42 Å². The highest BCUT2D eigenvalue weighted by atomic mass is 16.8. The Morgan fingerprint density at radius 3 is 2.64 bits per heavy atom. The fourth-order valence-electron chi connectivity index (χ4n) is 2.57. The number of carbonyl (C=O) groups excluding carboxylic acids is 1. The molecule has 2 heterocycles. The number of esters is 1. The minimum atomic E-state index is -0.451. The average molecular weight is 198 g/mol. The zero-order valence-corrected chi connectivity index (χ0v) is 8.03. The van der Waals surface area contributed by atoms with E-state index in [1.807, 2.05) is 0 Å². The third-order valence-corrected chi connectivity index (χ3v) is 3.28. The van der Waals surface area contributed by atoms with Gasteiger partial charge in [0.15, 0.2) is 11.9 Å². The number of rotatable bonds is 0. The molecule has 4 heteroatoms. The van der Waals surface area contributed by atoms with Crippen LogP contribution < -0.4 is 0 Å². The van der Waals surface area contributed by atoms with Crippen LogP contribution in [-0.2, 0) is 19.0 Å². The zero-order chi connectivity index (χ0) is 9.60. The molecule has 2 unspecified atom stereocenters. The Labute approximate surface area is 82.5 Å². The van der Waals surface area contributed by atoms with Crippen LogP contribution in [0.2, 0.25) is 0 Å². The topological polar surface area (TPSA) is 44.8 Å². The van der Waals surface area contributed by atoms with Crippen LogP contribution in [0.3, 0.4) is 0 Å². The zero-order valence-electron chi connectivity index (χ0n) is 8.03. The van der Waals surface area contributed by atoms with Gasteiger partial charge in [-0.25, -0.2) is 4.79 Å². The summed E-state index contributed by atoms with van der Waals surface area (Å²) in [5.41, 5.74) is 0. The van der Waals surface area contributed by atoms with E-state index in [0.717, 1.165) is 25.7 Å². The standard InChI is InChI=1S/C10H14O4/c11-9-8-7(6-12-9)13-10(14-8)4-2-1-3-5-10/h7-8H,1-6H2. The Bertz CT molecular complexity index is 257. The molecule has 3 rings (SSSR count). The third kappa shape index (κ3) is 1.17. The smallest absolute Gasteiger partial charge is 0.338 e. The molecule has 2 aliphatic heterocycles. The van der Waals surface area contributed by atoms with Crippen molar-refractivity contribution in [1.29, 1.82) is 0 Å². The minimum absolute atomic E-state index is 0.152. The second-order valence-corrected chi connectivity index (χ2v) is 4.30. The van der Waals surface area contributed by atoms with E-state index in [0.29, 0.717) is 6.61 Å². The fraction of sp³-hybridized carbons (Fsp3) is 0.900. The lowest BCUT2D eigenvalue weighted by Gasteiger charge is -2.32. The van der Waals surface area contributed by atoms with Crippen molar-refractivity contribution >= 4 is 5.97 Å². The van der Waals surface area contributed by atoms with Crippen LogP contribution in [0.4, 0.5) is 0 Å². The van der Waals surface area contributed by atoms with Gasteiger partial charge in [-0.3, -0.25) is 0 Å². The van der Waals surface area contributed by atoms with Crippen molar-refractivity contribution in [2.45, 2.75) is 50.1 Å². The lowest BCUT2D eigenvalue weighted by molar-refractivity contribution is -0.209. The SMILES string of the molecule is O=C1OCC2OC3(CCCCC3)OC12. The Morgan fingerprint density at radius 2 is 1.93 bits per heavy atom. The molecule has 0 bridgehead atoms. The third-order valence-electron chi connectivity index (χ3n) is 3.28. The van der Waals surface area contributed by atoms with Gasteiger partial charge in [0.05, 0.1) is 0 Å². The van der Waals surface area contributed by atoms with Crippen molar-refractivity contribution in [1.82, 2.24) is 0 Å². The predicted molar refractivity (Wildman–Crippen MR) is 46.5 cm³/mol. The monoisotopic (exact) mass is 198 g/mol. The highest BCUT2D eigenvalue weighted by Gasteiger charge is 2.54. The van der Waals surface area contributed by atoms with Crippen molar-refractivity contribution in [2.75, 3.05) is 6.61 Å². The van der Waals surface area contributed by atoms with E-state index in [4.69, 9.17) is 14.2 Å². The molecule has 0 aromatic carbocycles. The summed E-state index contributed by atoms with van der Waals surface area (Å²) in [6, 6.07) is 0. The average Bonchev–Trinajstić information content (AvgIpc) is 2.68. The summed E-state index contributed by atoms with van der Waals surface area (Å²) in [4.78, 5) is 11.3. The molecule has 0 radical (unpaired) electrons. The number of ether oxygens (including phenoxy) is 3. The summed E-state index contributed by atoms with van der Waals surface area (Å²) in [6.07, 6.45) is 4.76. The van der Waals surface area contributed by atoms with Crippen LogP contribution in [0.1, 0.15) is 32.1 Å². The fourth-order valence-corrected chi connectivity index (χ4v) is 2.57. The summed E-state index contributed by atoms with van der Waals surface area (Å²) in [6.45, 7) is 0.366. The number of cyclic esters (lactones) is 1. The van der Waals surface area contributed by atoms with E-state index in [1.54, 1.807) is 0 Å². The second-order valence-electron chi connectivity index (χ2n) is 4.30. The number of hydrogen-bond acceptors (Lipinski definition) is 4. The molecule has 1 saturated carbocycles. The van der Waals surface area contributed by atoms with Crippen molar-refractivity contribution in [3.05, 3.63) is 0 Å². The molecule has 0 amide bonds. The second kappa shape index (κ2) is 2.94. The van der Waals surface area contributed by atoms with E-state index in [1.165, 1.54) is 6.42 Å². The van der Waals surface area contributed by atoms with E-state index in [2.05, 4.69) is 0 Å². The lowest BCUT2D eigenvalue weighted by Crippen LogP contribution is -2.35. The summed E-state index contributed by atoms with van der Waals surface area (Å²) >= 11 is 0. The van der Waals surface area contributed by atoms with Crippen LogP contribution in [0.5, 0.6) is 0 Å². The molecule has 3 fully saturated rings. The molecule has 2 saturated heterocycles. The highest BCUT2D eigenvalue weighted by Crippen LogP contribution is 2.42. The Kier molecular flexibility index (Phi) is 1.82.